The molecule has 2 nitrogen and oxygen atoms in total. The van der Waals surface area contributed by atoms with E-state index in [2.05, 4.69) is 16.7 Å². The highest BCUT2D eigenvalue weighted by atomic mass is 32.1. The second-order valence-corrected chi connectivity index (χ2v) is 6.49. The molecule has 0 aromatic carbocycles. The summed E-state index contributed by atoms with van der Waals surface area (Å²) in [5.74, 6) is 0. The molecule has 1 aliphatic carbocycles. The normalized spacial score (nSPS) is 24.6. The third kappa shape index (κ3) is 2.90. The van der Waals surface area contributed by atoms with Gasteiger partial charge in [-0.2, -0.15) is 0 Å². The molecule has 2 N–H and O–H groups in total. The Hall–Kier alpha value is -0.380. The lowest BCUT2D eigenvalue weighted by Crippen LogP contribution is -2.29. The number of nitrogens with one attached hydrogen (secondary N) is 2. The van der Waals surface area contributed by atoms with Gasteiger partial charge in [0.15, 0.2) is 0 Å². The predicted octanol–water partition coefficient (Wildman–Crippen LogP) is 2.47. The minimum Gasteiger partial charge on any atom is -0.317 e. The maximum Gasteiger partial charge on any atom is 0.0302 e. The van der Waals surface area contributed by atoms with Crippen LogP contribution in [0.2, 0.25) is 0 Å². The number of fused-ring (bicyclic) bond motifs is 1. The lowest BCUT2D eigenvalue weighted by Gasteiger charge is -2.14. The third-order valence-electron chi connectivity index (χ3n) is 3.94. The van der Waals surface area contributed by atoms with Crippen molar-refractivity contribution in [1.29, 1.82) is 0 Å². The van der Waals surface area contributed by atoms with Gasteiger partial charge in [-0.3, -0.25) is 0 Å². The summed E-state index contributed by atoms with van der Waals surface area (Å²) in [7, 11) is 0. The molecular weight excluding hydrogens is 228 g/mol. The fourth-order valence-corrected chi connectivity index (χ4v) is 4.16. The average Bonchev–Trinajstić information content (AvgIpc) is 2.79. The maximum absolute atomic E-state index is 3.74. The van der Waals surface area contributed by atoms with Crippen molar-refractivity contribution < 1.29 is 0 Å². The van der Waals surface area contributed by atoms with Crippen molar-refractivity contribution >= 4 is 11.3 Å². The van der Waals surface area contributed by atoms with Gasteiger partial charge in [-0.25, -0.2) is 0 Å². The molecule has 3 rings (SSSR count). The molecule has 94 valence electrons. The third-order valence-corrected chi connectivity index (χ3v) is 5.18. The zero-order chi connectivity index (χ0) is 11.5. The Morgan fingerprint density at radius 2 is 2.24 bits per heavy atom. The van der Waals surface area contributed by atoms with E-state index >= 15 is 0 Å². The van der Waals surface area contributed by atoms with E-state index in [1.807, 2.05) is 11.3 Å². The highest BCUT2D eigenvalue weighted by molar-refractivity contribution is 7.12. The van der Waals surface area contributed by atoms with Crippen LogP contribution in [0.1, 0.15) is 41.0 Å². The number of hydrogen-bond acceptors (Lipinski definition) is 3. The van der Waals surface area contributed by atoms with Crippen molar-refractivity contribution in [2.75, 3.05) is 13.1 Å². The van der Waals surface area contributed by atoms with Crippen molar-refractivity contribution in [3.8, 4) is 0 Å². The second kappa shape index (κ2) is 5.51. The Morgan fingerprint density at radius 3 is 3.18 bits per heavy atom. The summed E-state index contributed by atoms with van der Waals surface area (Å²) in [4.78, 5) is 3.20. The van der Waals surface area contributed by atoms with Crippen molar-refractivity contribution in [2.24, 2.45) is 0 Å². The van der Waals surface area contributed by atoms with E-state index in [1.54, 1.807) is 15.3 Å². The molecule has 0 bridgehead atoms. The zero-order valence-electron chi connectivity index (χ0n) is 10.4. The summed E-state index contributed by atoms with van der Waals surface area (Å²) < 4.78 is 0. The van der Waals surface area contributed by atoms with Gasteiger partial charge in [0.05, 0.1) is 0 Å². The first kappa shape index (κ1) is 11.7. The molecule has 1 unspecified atom stereocenters. The quantitative estimate of drug-likeness (QED) is 0.861. The first-order valence-electron chi connectivity index (χ1n) is 6.96. The van der Waals surface area contributed by atoms with Crippen LogP contribution in [-0.4, -0.2) is 19.1 Å². The van der Waals surface area contributed by atoms with Gasteiger partial charge in [0.2, 0.25) is 0 Å². The van der Waals surface area contributed by atoms with E-state index in [4.69, 9.17) is 0 Å². The maximum atomic E-state index is 3.74. The summed E-state index contributed by atoms with van der Waals surface area (Å²) in [5, 5.41) is 7.21. The molecular formula is C14H22N2S. The first-order valence-corrected chi connectivity index (χ1v) is 7.78. The van der Waals surface area contributed by atoms with Crippen LogP contribution in [0.25, 0.3) is 0 Å². The van der Waals surface area contributed by atoms with Crippen molar-refractivity contribution in [1.82, 2.24) is 10.6 Å². The fourth-order valence-electron chi connectivity index (χ4n) is 2.95. The SMILES string of the molecule is c1c(CNC2CCCNCC2)sc2c1CCC2. The molecule has 2 heterocycles. The monoisotopic (exact) mass is 250 g/mol. The predicted molar refractivity (Wildman–Crippen MR) is 73.7 cm³/mol. The van der Waals surface area contributed by atoms with Crippen LogP contribution in [0.15, 0.2) is 6.07 Å². The molecule has 0 spiro atoms. The molecule has 1 atom stereocenters. The Bertz CT molecular complexity index is 343. The number of rotatable bonds is 3. The fraction of sp³-hybridized carbons (Fsp3) is 0.714. The summed E-state index contributed by atoms with van der Waals surface area (Å²) in [5.41, 5.74) is 1.63. The highest BCUT2D eigenvalue weighted by Crippen LogP contribution is 2.30. The Morgan fingerprint density at radius 1 is 1.24 bits per heavy atom. The molecule has 1 fully saturated rings. The van der Waals surface area contributed by atoms with Crippen LogP contribution in [0.3, 0.4) is 0 Å². The van der Waals surface area contributed by atoms with E-state index < -0.39 is 0 Å². The van der Waals surface area contributed by atoms with E-state index in [0.29, 0.717) is 0 Å². The van der Waals surface area contributed by atoms with Crippen molar-refractivity contribution in [3.05, 3.63) is 21.4 Å². The Kier molecular flexibility index (Phi) is 3.79. The molecule has 2 aliphatic rings. The van der Waals surface area contributed by atoms with Gasteiger partial charge < -0.3 is 10.6 Å². The Balaban J connectivity index is 1.52. The van der Waals surface area contributed by atoms with E-state index in [1.165, 1.54) is 51.6 Å². The van der Waals surface area contributed by atoms with Crippen LogP contribution < -0.4 is 10.6 Å². The topological polar surface area (TPSA) is 24.1 Å². The second-order valence-electron chi connectivity index (χ2n) is 5.27. The van der Waals surface area contributed by atoms with E-state index in [0.717, 1.165) is 12.6 Å². The van der Waals surface area contributed by atoms with Gasteiger partial charge >= 0.3 is 0 Å². The summed E-state index contributed by atoms with van der Waals surface area (Å²) >= 11 is 2.04. The molecule has 3 heteroatoms. The molecule has 0 radical (unpaired) electrons. The Labute approximate surface area is 108 Å². The molecule has 0 saturated carbocycles. The van der Waals surface area contributed by atoms with Gasteiger partial charge in [-0.15, -0.1) is 11.3 Å². The van der Waals surface area contributed by atoms with Crippen LogP contribution in [0, 0.1) is 0 Å². The van der Waals surface area contributed by atoms with E-state index in [-0.39, 0.29) is 0 Å². The lowest BCUT2D eigenvalue weighted by atomic mass is 10.1. The zero-order valence-corrected chi connectivity index (χ0v) is 11.2. The number of thiophene rings is 1. The minimum absolute atomic E-state index is 0.724. The summed E-state index contributed by atoms with van der Waals surface area (Å²) in [6, 6.07) is 3.16. The average molecular weight is 250 g/mol. The molecule has 1 saturated heterocycles. The van der Waals surface area contributed by atoms with Gasteiger partial charge in [-0.1, -0.05) is 0 Å². The lowest BCUT2D eigenvalue weighted by molar-refractivity contribution is 0.470. The van der Waals surface area contributed by atoms with Crippen molar-refractivity contribution in [3.63, 3.8) is 0 Å². The van der Waals surface area contributed by atoms with Gasteiger partial charge in [0, 0.05) is 22.3 Å². The molecule has 1 aliphatic heterocycles. The summed E-state index contributed by atoms with van der Waals surface area (Å²) in [6.45, 7) is 3.46. The van der Waals surface area contributed by atoms with Crippen LogP contribution in [-0.2, 0) is 19.4 Å². The van der Waals surface area contributed by atoms with Crippen LogP contribution >= 0.6 is 11.3 Å². The first-order chi connectivity index (χ1) is 8.42. The summed E-state index contributed by atoms with van der Waals surface area (Å²) in [6.07, 6.45) is 7.96. The van der Waals surface area contributed by atoms with Gasteiger partial charge in [-0.05, 0) is 63.2 Å². The van der Waals surface area contributed by atoms with E-state index in [9.17, 15) is 0 Å². The number of hydrogen-bond donors (Lipinski definition) is 2. The van der Waals surface area contributed by atoms with Crippen LogP contribution in [0.5, 0.6) is 0 Å². The molecule has 1 aromatic rings. The smallest absolute Gasteiger partial charge is 0.0302 e. The van der Waals surface area contributed by atoms with Crippen LogP contribution in [0.4, 0.5) is 0 Å². The molecule has 0 amide bonds. The molecule has 17 heavy (non-hydrogen) atoms. The van der Waals surface area contributed by atoms with Gasteiger partial charge in [0.25, 0.3) is 0 Å². The standard InChI is InChI=1S/C14H22N2S/c1-3-11-9-13(17-14(11)5-1)10-16-12-4-2-7-15-8-6-12/h9,12,15-16H,1-8,10H2. The molecule has 1 aromatic heterocycles. The minimum atomic E-state index is 0.724. The van der Waals surface area contributed by atoms with Crippen molar-refractivity contribution in [2.45, 2.75) is 51.1 Å². The largest absolute Gasteiger partial charge is 0.317 e. The number of aryl methyl sites for hydroxylation is 2. The highest BCUT2D eigenvalue weighted by Gasteiger charge is 2.16. The van der Waals surface area contributed by atoms with Gasteiger partial charge in [0.1, 0.15) is 0 Å².